The van der Waals surface area contributed by atoms with E-state index in [0.717, 1.165) is 6.07 Å². The van der Waals surface area contributed by atoms with E-state index in [1.165, 1.54) is 14.4 Å². The number of amides is 2. The summed E-state index contributed by atoms with van der Waals surface area (Å²) in [4.78, 5) is 28.9. The highest BCUT2D eigenvalue weighted by atomic mass is 19.2. The van der Waals surface area contributed by atoms with Crippen LogP contribution in [0.25, 0.3) is 0 Å². The maximum absolute atomic E-state index is 14.0. The maximum atomic E-state index is 14.0. The molecule has 2 aliphatic heterocycles. The van der Waals surface area contributed by atoms with Gasteiger partial charge in [-0.15, -0.1) is 0 Å². The molecule has 2 aromatic rings. The SMILES string of the molecule is N[C@@H](CC(O)=[N+]1CC(=O)N(CC(=O)N2CC[C@H](O)C2)c2ccccc2C1)Cc1cc(F)c(F)cc1F. The molecule has 0 saturated carbocycles. The Morgan fingerprint density at radius 1 is 1.14 bits per heavy atom. The highest BCUT2D eigenvalue weighted by Gasteiger charge is 2.34. The highest BCUT2D eigenvalue weighted by Crippen LogP contribution is 2.25. The van der Waals surface area contributed by atoms with Crippen LogP contribution < -0.4 is 10.6 Å². The van der Waals surface area contributed by atoms with E-state index in [4.69, 9.17) is 5.73 Å². The van der Waals surface area contributed by atoms with Crippen molar-refractivity contribution in [1.29, 1.82) is 0 Å². The van der Waals surface area contributed by atoms with E-state index in [9.17, 15) is 33.0 Å². The molecule has 8 nitrogen and oxygen atoms in total. The van der Waals surface area contributed by atoms with Crippen LogP contribution in [-0.4, -0.2) is 75.7 Å². The Labute approximate surface area is 206 Å². The molecule has 36 heavy (non-hydrogen) atoms. The van der Waals surface area contributed by atoms with Crippen molar-refractivity contribution in [2.75, 3.05) is 31.1 Å². The number of aliphatic hydroxyl groups excluding tert-OH is 2. The van der Waals surface area contributed by atoms with Crippen molar-refractivity contribution in [3.8, 4) is 0 Å². The molecule has 0 spiro atoms. The van der Waals surface area contributed by atoms with Gasteiger partial charge in [-0.2, -0.15) is 4.58 Å². The number of rotatable bonds is 6. The van der Waals surface area contributed by atoms with E-state index in [1.54, 1.807) is 24.3 Å². The van der Waals surface area contributed by atoms with Crippen LogP contribution in [0, 0.1) is 17.5 Å². The fraction of sp³-hybridized carbons (Fsp3) is 0.400. The van der Waals surface area contributed by atoms with Crippen molar-refractivity contribution in [2.24, 2.45) is 5.73 Å². The molecule has 1 saturated heterocycles. The number of hydrogen-bond acceptors (Lipinski definition) is 4. The Balaban J connectivity index is 1.52. The molecule has 0 radical (unpaired) electrons. The fourth-order valence-corrected chi connectivity index (χ4v) is 4.55. The van der Waals surface area contributed by atoms with Gasteiger partial charge in [0.25, 0.3) is 5.91 Å². The van der Waals surface area contributed by atoms with Gasteiger partial charge in [0, 0.05) is 30.8 Å². The minimum Gasteiger partial charge on any atom is -0.463 e. The molecule has 2 aromatic carbocycles. The summed E-state index contributed by atoms with van der Waals surface area (Å²) in [6.45, 7) is 0.363. The van der Waals surface area contributed by atoms with E-state index in [0.29, 0.717) is 30.3 Å². The van der Waals surface area contributed by atoms with Gasteiger partial charge in [-0.05, 0) is 30.5 Å². The minimum atomic E-state index is -1.30. The lowest BCUT2D eigenvalue weighted by molar-refractivity contribution is -0.540. The number of hydrogen-bond donors (Lipinski definition) is 3. The van der Waals surface area contributed by atoms with E-state index in [-0.39, 0.29) is 56.4 Å². The summed E-state index contributed by atoms with van der Waals surface area (Å²) in [5.41, 5.74) is 7.17. The predicted octanol–water partition coefficient (Wildman–Crippen LogP) is 1.47. The predicted molar refractivity (Wildman–Crippen MR) is 125 cm³/mol. The number of benzene rings is 2. The molecule has 0 bridgehead atoms. The lowest BCUT2D eigenvalue weighted by Gasteiger charge is -2.24. The first kappa shape index (κ1) is 25.6. The van der Waals surface area contributed by atoms with E-state index in [2.05, 4.69) is 0 Å². The molecule has 2 amide bonds. The number of para-hydroxylation sites is 1. The van der Waals surface area contributed by atoms with Gasteiger partial charge in [-0.3, -0.25) is 14.5 Å². The first-order valence-electron chi connectivity index (χ1n) is 11.6. The average molecular weight is 506 g/mol. The summed E-state index contributed by atoms with van der Waals surface area (Å²) in [6, 6.07) is 7.37. The summed E-state index contributed by atoms with van der Waals surface area (Å²) < 4.78 is 42.1. The van der Waals surface area contributed by atoms with E-state index in [1.807, 2.05) is 0 Å². The van der Waals surface area contributed by atoms with Gasteiger partial charge in [0.1, 0.15) is 12.4 Å². The fourth-order valence-electron chi connectivity index (χ4n) is 4.55. The number of β-amino-alcohol motifs (C(OH)–C–C–N with tert-alkyl or cyclic N) is 1. The molecule has 2 aliphatic rings. The quantitative estimate of drug-likeness (QED) is 0.313. The first-order valence-corrected chi connectivity index (χ1v) is 11.6. The minimum absolute atomic E-state index is 0.122. The van der Waals surface area contributed by atoms with Crippen molar-refractivity contribution in [2.45, 2.75) is 38.0 Å². The van der Waals surface area contributed by atoms with Gasteiger partial charge in [-0.1, -0.05) is 18.2 Å². The van der Waals surface area contributed by atoms with Gasteiger partial charge in [0.15, 0.2) is 18.2 Å². The Bertz CT molecular complexity index is 1210. The lowest BCUT2D eigenvalue weighted by atomic mass is 10.0. The maximum Gasteiger partial charge on any atom is 0.336 e. The normalized spacial score (nSPS) is 20.2. The second kappa shape index (κ2) is 10.7. The standard InChI is InChI=1S/C25H27F3N4O4/c26-19-10-21(28)20(27)8-16(19)7-17(29)9-23(34)31-11-15-3-1-2-4-22(15)32(25(36)13-31)14-24(35)30-6-5-18(33)12-30/h1-4,8,10,17-18,33H,5-7,9,11-14,29H2/p+1/t17-,18+/m1/s1. The van der Waals surface area contributed by atoms with Crippen molar-refractivity contribution in [1.82, 2.24) is 4.90 Å². The van der Waals surface area contributed by atoms with Crippen LogP contribution in [0.15, 0.2) is 36.4 Å². The molecule has 11 heteroatoms. The lowest BCUT2D eigenvalue weighted by Crippen LogP contribution is -2.44. The Morgan fingerprint density at radius 3 is 2.58 bits per heavy atom. The number of nitrogens with zero attached hydrogens (tertiary/aromatic N) is 3. The molecule has 192 valence electrons. The van der Waals surface area contributed by atoms with Crippen molar-refractivity contribution in [3.05, 3.63) is 65.0 Å². The molecule has 4 N–H and O–H groups in total. The number of anilines is 1. The van der Waals surface area contributed by atoms with E-state index >= 15 is 0 Å². The third-order valence-electron chi connectivity index (χ3n) is 6.46. The molecule has 2 atom stereocenters. The summed E-state index contributed by atoms with van der Waals surface area (Å²) in [7, 11) is 0. The molecular weight excluding hydrogens is 477 g/mol. The number of aliphatic hydroxyl groups is 2. The number of carbonyl (C=O) groups excluding carboxylic acids is 2. The van der Waals surface area contributed by atoms with Gasteiger partial charge in [0.05, 0.1) is 18.2 Å². The Kier molecular flexibility index (Phi) is 7.60. The van der Waals surface area contributed by atoms with Gasteiger partial charge in [-0.25, -0.2) is 13.2 Å². The van der Waals surface area contributed by atoms with Crippen molar-refractivity contribution in [3.63, 3.8) is 0 Å². The molecule has 4 rings (SSSR count). The number of likely N-dealkylation sites (tertiary alicyclic amines) is 1. The van der Waals surface area contributed by atoms with Crippen molar-refractivity contribution < 1.29 is 37.5 Å². The summed E-state index contributed by atoms with van der Waals surface area (Å²) >= 11 is 0. The monoisotopic (exact) mass is 505 g/mol. The topological polar surface area (TPSA) is 110 Å². The highest BCUT2D eigenvalue weighted by molar-refractivity contribution is 6.00. The van der Waals surface area contributed by atoms with Gasteiger partial charge in [0.2, 0.25) is 12.5 Å². The summed E-state index contributed by atoms with van der Waals surface area (Å²) in [5.74, 6) is -4.35. The van der Waals surface area contributed by atoms with Crippen LogP contribution in [-0.2, 0) is 22.6 Å². The zero-order valence-corrected chi connectivity index (χ0v) is 19.5. The third kappa shape index (κ3) is 5.68. The molecule has 0 unspecified atom stereocenters. The van der Waals surface area contributed by atoms with Crippen LogP contribution in [0.1, 0.15) is 24.0 Å². The number of halogens is 3. The Hall–Kier alpha value is -3.44. The molecule has 0 aliphatic carbocycles. The molecular formula is C25H28F3N4O4+. The Morgan fingerprint density at radius 2 is 1.86 bits per heavy atom. The van der Waals surface area contributed by atoms with E-state index < -0.39 is 35.5 Å². The molecule has 2 heterocycles. The number of fused-ring (bicyclic) bond motifs is 1. The summed E-state index contributed by atoms with van der Waals surface area (Å²) in [5, 5.41) is 20.5. The van der Waals surface area contributed by atoms with Crippen molar-refractivity contribution >= 4 is 23.4 Å². The first-order chi connectivity index (χ1) is 17.1. The number of nitrogens with two attached hydrogens (primary N) is 1. The smallest absolute Gasteiger partial charge is 0.336 e. The largest absolute Gasteiger partial charge is 0.463 e. The van der Waals surface area contributed by atoms with Gasteiger partial charge < -0.3 is 20.8 Å². The molecule has 1 fully saturated rings. The molecule has 0 aromatic heterocycles. The van der Waals surface area contributed by atoms with Crippen LogP contribution in [0.2, 0.25) is 0 Å². The van der Waals surface area contributed by atoms with Crippen LogP contribution in [0.4, 0.5) is 18.9 Å². The van der Waals surface area contributed by atoms with Crippen LogP contribution in [0.5, 0.6) is 0 Å². The summed E-state index contributed by atoms with van der Waals surface area (Å²) in [6.07, 6.45) is -0.388. The number of carbonyl (C=O) groups is 2. The second-order valence-corrected chi connectivity index (χ2v) is 9.19. The van der Waals surface area contributed by atoms with Crippen LogP contribution in [0.3, 0.4) is 0 Å². The third-order valence-corrected chi connectivity index (χ3v) is 6.46. The van der Waals surface area contributed by atoms with Gasteiger partial charge >= 0.3 is 5.90 Å². The van der Waals surface area contributed by atoms with Crippen LogP contribution >= 0.6 is 0 Å². The second-order valence-electron chi connectivity index (χ2n) is 9.19. The zero-order valence-electron chi connectivity index (χ0n) is 19.5. The average Bonchev–Trinajstić information content (AvgIpc) is 3.21. The zero-order chi connectivity index (χ0) is 26.0.